The van der Waals surface area contributed by atoms with E-state index in [1.165, 1.54) is 19.3 Å². The van der Waals surface area contributed by atoms with Gasteiger partial charge in [-0.25, -0.2) is 9.97 Å². The molecule has 114 valence electrons. The van der Waals surface area contributed by atoms with E-state index in [-0.39, 0.29) is 0 Å². The van der Waals surface area contributed by atoms with Crippen LogP contribution >= 0.6 is 0 Å². The Labute approximate surface area is 130 Å². The summed E-state index contributed by atoms with van der Waals surface area (Å²) < 4.78 is 0. The highest BCUT2D eigenvalue weighted by atomic mass is 15.3. The smallest absolute Gasteiger partial charge is 0.225 e. The highest BCUT2D eigenvalue weighted by Gasteiger charge is 2.48. The van der Waals surface area contributed by atoms with Crippen LogP contribution in [0.5, 0.6) is 0 Å². The second-order valence-electron chi connectivity index (χ2n) is 6.51. The first-order valence-corrected chi connectivity index (χ1v) is 7.89. The highest BCUT2D eigenvalue weighted by Crippen LogP contribution is 2.48. The molecule has 2 heterocycles. The molecular formula is C17H21N5. The molecule has 5 heteroatoms. The number of nitrogens with zero attached hydrogens (tertiary/aromatic N) is 3. The summed E-state index contributed by atoms with van der Waals surface area (Å²) in [5.41, 5.74) is 9.26. The van der Waals surface area contributed by atoms with Crippen LogP contribution in [-0.4, -0.2) is 23.1 Å². The lowest BCUT2D eigenvalue weighted by Crippen LogP contribution is -2.60. The van der Waals surface area contributed by atoms with E-state index in [4.69, 9.17) is 5.73 Å². The maximum absolute atomic E-state index is 5.60. The number of nitrogens with two attached hydrogens (primary N) is 1. The first kappa shape index (κ1) is 13.5. The van der Waals surface area contributed by atoms with Crippen molar-refractivity contribution in [3.8, 4) is 0 Å². The largest absolute Gasteiger partial charge is 0.353 e. The maximum atomic E-state index is 5.60. The van der Waals surface area contributed by atoms with Crippen molar-refractivity contribution in [1.82, 2.24) is 9.97 Å². The normalized spacial score (nSPS) is 18.7. The van der Waals surface area contributed by atoms with Gasteiger partial charge in [0.2, 0.25) is 5.95 Å². The van der Waals surface area contributed by atoms with Crippen molar-refractivity contribution in [2.24, 2.45) is 11.1 Å². The van der Waals surface area contributed by atoms with Crippen molar-refractivity contribution in [3.05, 3.63) is 42.2 Å². The van der Waals surface area contributed by atoms with Crippen molar-refractivity contribution in [2.75, 3.05) is 23.3 Å². The van der Waals surface area contributed by atoms with Gasteiger partial charge in [-0.2, -0.15) is 0 Å². The molecule has 1 aliphatic carbocycles. The SMILES string of the molecule is NCc1ccc(Nc2cnc(N3CC4(CCC4)C3)nc2)cc1. The summed E-state index contributed by atoms with van der Waals surface area (Å²) in [5.74, 6) is 0.849. The van der Waals surface area contributed by atoms with E-state index in [1.807, 2.05) is 36.7 Å². The van der Waals surface area contributed by atoms with E-state index in [0.29, 0.717) is 12.0 Å². The van der Waals surface area contributed by atoms with Gasteiger partial charge >= 0.3 is 0 Å². The summed E-state index contributed by atoms with van der Waals surface area (Å²) in [5, 5.41) is 3.31. The van der Waals surface area contributed by atoms with Crippen molar-refractivity contribution >= 4 is 17.3 Å². The summed E-state index contributed by atoms with van der Waals surface area (Å²) in [4.78, 5) is 11.3. The lowest BCUT2D eigenvalue weighted by molar-refractivity contribution is 0.0888. The molecule has 0 radical (unpaired) electrons. The van der Waals surface area contributed by atoms with Gasteiger partial charge in [0.05, 0.1) is 18.1 Å². The van der Waals surface area contributed by atoms with Crippen LogP contribution in [0.15, 0.2) is 36.7 Å². The van der Waals surface area contributed by atoms with Crippen LogP contribution in [0, 0.1) is 5.41 Å². The number of nitrogens with one attached hydrogen (secondary N) is 1. The van der Waals surface area contributed by atoms with Crippen LogP contribution in [0.2, 0.25) is 0 Å². The number of hydrogen-bond donors (Lipinski definition) is 2. The Hall–Kier alpha value is -2.14. The zero-order valence-electron chi connectivity index (χ0n) is 12.6. The molecule has 1 spiro atoms. The van der Waals surface area contributed by atoms with Gasteiger partial charge in [-0.05, 0) is 30.5 Å². The average Bonchev–Trinajstić information content (AvgIpc) is 2.47. The Balaban J connectivity index is 1.39. The number of aromatic nitrogens is 2. The third-order valence-corrected chi connectivity index (χ3v) is 4.87. The molecule has 5 nitrogen and oxygen atoms in total. The summed E-state index contributed by atoms with van der Waals surface area (Å²) in [7, 11) is 0. The second-order valence-corrected chi connectivity index (χ2v) is 6.51. The Bertz CT molecular complexity index is 638. The summed E-state index contributed by atoms with van der Waals surface area (Å²) in [6.45, 7) is 2.82. The monoisotopic (exact) mass is 295 g/mol. The second kappa shape index (κ2) is 5.25. The first-order valence-electron chi connectivity index (χ1n) is 7.89. The molecule has 1 aliphatic heterocycles. The van der Waals surface area contributed by atoms with Crippen molar-refractivity contribution in [2.45, 2.75) is 25.8 Å². The molecule has 1 aromatic carbocycles. The molecular weight excluding hydrogens is 274 g/mol. The van der Waals surface area contributed by atoms with Gasteiger partial charge in [-0.15, -0.1) is 0 Å². The van der Waals surface area contributed by atoms with E-state index < -0.39 is 0 Å². The van der Waals surface area contributed by atoms with Gasteiger partial charge in [-0.3, -0.25) is 0 Å². The standard InChI is InChI=1S/C17H21N5/c18-8-13-2-4-14(5-3-13)21-15-9-19-16(20-10-15)22-11-17(12-22)6-1-7-17/h2-5,9-10,21H,1,6-8,11-12,18H2. The van der Waals surface area contributed by atoms with Gasteiger partial charge in [0.15, 0.2) is 0 Å². The van der Waals surface area contributed by atoms with Crippen molar-refractivity contribution in [1.29, 1.82) is 0 Å². The zero-order valence-corrected chi connectivity index (χ0v) is 12.6. The Morgan fingerprint density at radius 1 is 1.05 bits per heavy atom. The first-order chi connectivity index (χ1) is 10.8. The van der Waals surface area contributed by atoms with Crippen LogP contribution in [0.25, 0.3) is 0 Å². The third kappa shape index (κ3) is 2.41. The highest BCUT2D eigenvalue weighted by molar-refractivity contribution is 5.58. The fraction of sp³-hybridized carbons (Fsp3) is 0.412. The summed E-state index contributed by atoms with van der Waals surface area (Å²) in [6, 6.07) is 8.09. The molecule has 3 N–H and O–H groups in total. The molecule has 0 atom stereocenters. The molecule has 2 fully saturated rings. The molecule has 0 bridgehead atoms. The van der Waals surface area contributed by atoms with Gasteiger partial charge in [0.25, 0.3) is 0 Å². The van der Waals surface area contributed by atoms with Gasteiger partial charge in [0.1, 0.15) is 0 Å². The van der Waals surface area contributed by atoms with Crippen LogP contribution in [0.4, 0.5) is 17.3 Å². The molecule has 0 unspecified atom stereocenters. The predicted molar refractivity (Wildman–Crippen MR) is 88.1 cm³/mol. The van der Waals surface area contributed by atoms with Crippen LogP contribution < -0.4 is 16.0 Å². The van der Waals surface area contributed by atoms with Crippen LogP contribution in [0.1, 0.15) is 24.8 Å². The van der Waals surface area contributed by atoms with Crippen LogP contribution in [0.3, 0.4) is 0 Å². The Morgan fingerprint density at radius 2 is 1.73 bits per heavy atom. The van der Waals surface area contributed by atoms with Gasteiger partial charge < -0.3 is 16.0 Å². The molecule has 2 aromatic rings. The molecule has 1 aromatic heterocycles. The molecule has 4 rings (SSSR count). The third-order valence-electron chi connectivity index (χ3n) is 4.87. The number of anilines is 3. The quantitative estimate of drug-likeness (QED) is 0.907. The fourth-order valence-corrected chi connectivity index (χ4v) is 3.34. The van der Waals surface area contributed by atoms with Crippen molar-refractivity contribution in [3.63, 3.8) is 0 Å². The van der Waals surface area contributed by atoms with E-state index >= 15 is 0 Å². The maximum Gasteiger partial charge on any atom is 0.225 e. The van der Waals surface area contributed by atoms with E-state index in [1.54, 1.807) is 0 Å². The lowest BCUT2D eigenvalue weighted by atomic mass is 9.64. The van der Waals surface area contributed by atoms with E-state index in [9.17, 15) is 0 Å². The molecule has 2 aliphatic rings. The molecule has 0 amide bonds. The van der Waals surface area contributed by atoms with E-state index in [2.05, 4.69) is 20.2 Å². The number of rotatable bonds is 4. The minimum absolute atomic E-state index is 0.565. The predicted octanol–water partition coefficient (Wildman–Crippen LogP) is 2.67. The Morgan fingerprint density at radius 3 is 2.27 bits per heavy atom. The summed E-state index contributed by atoms with van der Waals surface area (Å²) in [6.07, 6.45) is 7.85. The minimum Gasteiger partial charge on any atom is -0.353 e. The number of benzene rings is 1. The Kier molecular flexibility index (Phi) is 3.22. The van der Waals surface area contributed by atoms with Gasteiger partial charge in [-0.1, -0.05) is 18.6 Å². The average molecular weight is 295 g/mol. The van der Waals surface area contributed by atoms with Crippen molar-refractivity contribution < 1.29 is 0 Å². The topological polar surface area (TPSA) is 67.1 Å². The van der Waals surface area contributed by atoms with Gasteiger partial charge in [0, 0.05) is 30.7 Å². The minimum atomic E-state index is 0.565. The number of hydrogen-bond acceptors (Lipinski definition) is 5. The molecule has 1 saturated heterocycles. The lowest BCUT2D eigenvalue weighted by Gasteiger charge is -2.55. The van der Waals surface area contributed by atoms with Crippen LogP contribution in [-0.2, 0) is 6.54 Å². The molecule has 22 heavy (non-hydrogen) atoms. The molecule has 1 saturated carbocycles. The fourth-order valence-electron chi connectivity index (χ4n) is 3.34. The zero-order chi connectivity index (χ0) is 15.0. The summed E-state index contributed by atoms with van der Waals surface area (Å²) >= 11 is 0. The van der Waals surface area contributed by atoms with E-state index in [0.717, 1.165) is 36.0 Å².